The molecule has 8 heteroatoms. The number of para-hydroxylation sites is 1. The maximum absolute atomic E-state index is 13.3. The molecule has 0 aliphatic carbocycles. The van der Waals surface area contributed by atoms with Crippen molar-refractivity contribution >= 4 is 11.4 Å². The number of aromatic nitrogens is 2. The number of nitrogens with zero attached hydrogens (tertiary/aromatic N) is 3. The number of hydrogen-bond donors (Lipinski definition) is 1. The molecular weight excluding hydrogens is 243 g/mol. The Balaban J connectivity index is 2.19. The molecule has 1 aromatic carbocycles. The number of nitro benzene ring substituents is 1. The van der Waals surface area contributed by atoms with Crippen LogP contribution in [0.2, 0.25) is 0 Å². The van der Waals surface area contributed by atoms with Crippen LogP contribution in [0.3, 0.4) is 0 Å². The van der Waals surface area contributed by atoms with E-state index in [4.69, 9.17) is 4.52 Å². The molecule has 0 spiro atoms. The molecule has 7 nitrogen and oxygen atoms in total. The predicted molar refractivity (Wildman–Crippen MR) is 59.4 cm³/mol. The van der Waals surface area contributed by atoms with E-state index < -0.39 is 16.4 Å². The van der Waals surface area contributed by atoms with Crippen LogP contribution in [-0.2, 0) is 6.54 Å². The van der Waals surface area contributed by atoms with Crippen LogP contribution in [0.5, 0.6) is 0 Å². The molecule has 0 amide bonds. The van der Waals surface area contributed by atoms with Gasteiger partial charge in [-0.05, 0) is 19.1 Å². The van der Waals surface area contributed by atoms with Gasteiger partial charge in [0, 0.05) is 0 Å². The highest BCUT2D eigenvalue weighted by molar-refractivity contribution is 5.61. The lowest BCUT2D eigenvalue weighted by atomic mass is 10.2. The van der Waals surface area contributed by atoms with Gasteiger partial charge >= 0.3 is 5.69 Å². The maximum Gasteiger partial charge on any atom is 0.327 e. The summed E-state index contributed by atoms with van der Waals surface area (Å²) in [6, 6.07) is 3.81. The number of benzene rings is 1. The van der Waals surface area contributed by atoms with Crippen molar-refractivity contribution in [3.8, 4) is 0 Å². The van der Waals surface area contributed by atoms with E-state index in [2.05, 4.69) is 15.5 Å². The standard InChI is InChI=1S/C10H9FN4O3/c1-6-13-9(18-14-6)5-12-8-4-2-3-7(11)10(8)15(16)17/h2-4,12H,5H2,1H3. The van der Waals surface area contributed by atoms with Crippen LogP contribution in [0.1, 0.15) is 11.7 Å². The zero-order valence-electron chi connectivity index (χ0n) is 9.38. The summed E-state index contributed by atoms with van der Waals surface area (Å²) in [5.74, 6) is -0.168. The van der Waals surface area contributed by atoms with E-state index in [0.717, 1.165) is 6.07 Å². The van der Waals surface area contributed by atoms with E-state index in [-0.39, 0.29) is 18.1 Å². The van der Waals surface area contributed by atoms with Crippen molar-refractivity contribution in [3.05, 3.63) is 45.8 Å². The first-order chi connectivity index (χ1) is 8.58. The van der Waals surface area contributed by atoms with E-state index >= 15 is 0 Å². The summed E-state index contributed by atoms with van der Waals surface area (Å²) < 4.78 is 18.1. The SMILES string of the molecule is Cc1noc(CNc2cccc(F)c2[N+](=O)[O-])n1. The van der Waals surface area contributed by atoms with Crippen LogP contribution < -0.4 is 5.32 Å². The fraction of sp³-hybridized carbons (Fsp3) is 0.200. The number of nitrogens with one attached hydrogen (secondary N) is 1. The van der Waals surface area contributed by atoms with Crippen molar-refractivity contribution in [2.24, 2.45) is 0 Å². The molecule has 1 N–H and O–H groups in total. The third kappa shape index (κ3) is 2.42. The summed E-state index contributed by atoms with van der Waals surface area (Å²) in [6.45, 7) is 1.74. The molecule has 0 fully saturated rings. The monoisotopic (exact) mass is 252 g/mol. The second kappa shape index (κ2) is 4.78. The first-order valence-electron chi connectivity index (χ1n) is 5.04. The molecule has 0 aliphatic heterocycles. The van der Waals surface area contributed by atoms with Crippen LogP contribution in [0.15, 0.2) is 22.7 Å². The van der Waals surface area contributed by atoms with Crippen molar-refractivity contribution < 1.29 is 13.8 Å². The van der Waals surface area contributed by atoms with Crippen molar-refractivity contribution in [1.29, 1.82) is 0 Å². The fourth-order valence-electron chi connectivity index (χ4n) is 1.43. The molecule has 94 valence electrons. The van der Waals surface area contributed by atoms with Gasteiger partial charge in [0.15, 0.2) is 5.82 Å². The van der Waals surface area contributed by atoms with Crippen molar-refractivity contribution in [2.75, 3.05) is 5.32 Å². The van der Waals surface area contributed by atoms with Crippen molar-refractivity contribution in [1.82, 2.24) is 10.1 Å². The summed E-state index contributed by atoms with van der Waals surface area (Å²) in [5, 5.41) is 17.0. The molecule has 0 unspecified atom stereocenters. The summed E-state index contributed by atoms with van der Waals surface area (Å²) in [7, 11) is 0. The molecule has 18 heavy (non-hydrogen) atoms. The van der Waals surface area contributed by atoms with Crippen molar-refractivity contribution in [2.45, 2.75) is 13.5 Å². The Hall–Kier alpha value is -2.51. The van der Waals surface area contributed by atoms with Gasteiger partial charge in [-0.15, -0.1) is 0 Å². The molecule has 0 aliphatic rings. The summed E-state index contributed by atoms with van der Waals surface area (Å²) in [5.41, 5.74) is -0.537. The number of nitro groups is 1. The highest BCUT2D eigenvalue weighted by atomic mass is 19.1. The Bertz CT molecular complexity index is 584. The minimum atomic E-state index is -0.897. The van der Waals surface area contributed by atoms with Gasteiger partial charge in [0.2, 0.25) is 11.7 Å². The van der Waals surface area contributed by atoms with E-state index in [9.17, 15) is 14.5 Å². The number of halogens is 1. The average molecular weight is 252 g/mol. The Morgan fingerprint density at radius 1 is 1.56 bits per heavy atom. The van der Waals surface area contributed by atoms with Crippen LogP contribution >= 0.6 is 0 Å². The molecule has 0 saturated heterocycles. The quantitative estimate of drug-likeness (QED) is 0.660. The van der Waals surface area contributed by atoms with Crippen LogP contribution in [0, 0.1) is 22.9 Å². The van der Waals surface area contributed by atoms with Crippen molar-refractivity contribution in [3.63, 3.8) is 0 Å². The van der Waals surface area contributed by atoms with Crippen LogP contribution in [0.4, 0.5) is 15.8 Å². The normalized spacial score (nSPS) is 10.3. The lowest BCUT2D eigenvalue weighted by Crippen LogP contribution is -2.04. The fourth-order valence-corrected chi connectivity index (χ4v) is 1.43. The summed E-state index contributed by atoms with van der Waals surface area (Å²) >= 11 is 0. The molecule has 1 aromatic heterocycles. The van der Waals surface area contributed by atoms with Gasteiger partial charge in [-0.3, -0.25) is 10.1 Å². The summed E-state index contributed by atoms with van der Waals surface area (Å²) in [6.07, 6.45) is 0. The van der Waals surface area contributed by atoms with Gasteiger partial charge in [0.1, 0.15) is 5.69 Å². The number of aryl methyl sites for hydroxylation is 1. The zero-order valence-corrected chi connectivity index (χ0v) is 9.38. The second-order valence-electron chi connectivity index (χ2n) is 3.48. The third-order valence-corrected chi connectivity index (χ3v) is 2.17. The number of anilines is 1. The molecule has 2 rings (SSSR count). The highest BCUT2D eigenvalue weighted by Gasteiger charge is 2.19. The molecule has 0 saturated carbocycles. The Labute approximate surface area is 101 Å². The topological polar surface area (TPSA) is 94.1 Å². The van der Waals surface area contributed by atoms with Crippen LogP contribution in [0.25, 0.3) is 0 Å². The molecule has 2 aromatic rings. The Kier molecular flexibility index (Phi) is 3.18. The molecule has 0 bridgehead atoms. The lowest BCUT2D eigenvalue weighted by molar-refractivity contribution is -0.386. The molecule has 0 atom stereocenters. The number of rotatable bonds is 4. The van der Waals surface area contributed by atoms with E-state index in [1.807, 2.05) is 0 Å². The van der Waals surface area contributed by atoms with Gasteiger partial charge in [-0.25, -0.2) is 0 Å². The van der Waals surface area contributed by atoms with Gasteiger partial charge in [0.25, 0.3) is 0 Å². The van der Waals surface area contributed by atoms with E-state index in [0.29, 0.717) is 5.82 Å². The smallest absolute Gasteiger partial charge is 0.327 e. The van der Waals surface area contributed by atoms with Gasteiger partial charge in [-0.2, -0.15) is 9.37 Å². The number of hydrogen-bond acceptors (Lipinski definition) is 6. The van der Waals surface area contributed by atoms with Gasteiger partial charge in [0.05, 0.1) is 11.5 Å². The van der Waals surface area contributed by atoms with E-state index in [1.165, 1.54) is 12.1 Å². The van der Waals surface area contributed by atoms with Crippen LogP contribution in [-0.4, -0.2) is 15.1 Å². The average Bonchev–Trinajstić information content (AvgIpc) is 2.72. The third-order valence-electron chi connectivity index (χ3n) is 2.17. The summed E-state index contributed by atoms with van der Waals surface area (Å²) in [4.78, 5) is 13.9. The molecule has 1 heterocycles. The minimum Gasteiger partial charge on any atom is -0.370 e. The maximum atomic E-state index is 13.3. The Morgan fingerprint density at radius 2 is 2.33 bits per heavy atom. The first kappa shape index (κ1) is 12.0. The first-order valence-corrected chi connectivity index (χ1v) is 5.04. The largest absolute Gasteiger partial charge is 0.370 e. The molecular formula is C10H9FN4O3. The minimum absolute atomic E-state index is 0.0656. The van der Waals surface area contributed by atoms with E-state index in [1.54, 1.807) is 6.92 Å². The highest BCUT2D eigenvalue weighted by Crippen LogP contribution is 2.27. The second-order valence-corrected chi connectivity index (χ2v) is 3.48. The predicted octanol–water partition coefficient (Wildman–Crippen LogP) is 2.04. The Morgan fingerprint density at radius 3 is 2.94 bits per heavy atom. The molecule has 0 radical (unpaired) electrons. The van der Waals surface area contributed by atoms with Gasteiger partial charge < -0.3 is 9.84 Å². The van der Waals surface area contributed by atoms with Gasteiger partial charge in [-0.1, -0.05) is 11.2 Å². The lowest BCUT2D eigenvalue weighted by Gasteiger charge is -2.04. The zero-order chi connectivity index (χ0) is 13.1.